The molecule has 10 heteroatoms. The molecule has 0 aliphatic carbocycles. The molecule has 0 saturated carbocycles. The van der Waals surface area contributed by atoms with Crippen LogP contribution in [0.5, 0.6) is 5.88 Å². The average Bonchev–Trinajstić information content (AvgIpc) is 2.58. The maximum atomic E-state index is 11.9. The van der Waals surface area contributed by atoms with Crippen molar-refractivity contribution in [2.75, 3.05) is 13.2 Å². The van der Waals surface area contributed by atoms with E-state index in [4.69, 9.17) is 5.73 Å². The van der Waals surface area contributed by atoms with E-state index in [0.717, 1.165) is 10.9 Å². The summed E-state index contributed by atoms with van der Waals surface area (Å²) in [5, 5.41) is 14.0. The Morgan fingerprint density at radius 1 is 1.59 bits per heavy atom. The normalized spacial score (nSPS) is 11.5. The van der Waals surface area contributed by atoms with E-state index in [1.165, 1.54) is 0 Å². The smallest absolute Gasteiger partial charge is 0.422 e. The van der Waals surface area contributed by atoms with Gasteiger partial charge in [0.2, 0.25) is 0 Å². The minimum absolute atomic E-state index is 0.149. The fourth-order valence-electron chi connectivity index (χ4n) is 1.02. The maximum absolute atomic E-state index is 11.9. The topological polar surface area (TPSA) is 96.2 Å². The molecular formula is C7H9F3N4O3. The molecule has 96 valence electrons. The second-order valence-corrected chi connectivity index (χ2v) is 3.03. The third-order valence-electron chi connectivity index (χ3n) is 1.64. The number of alkyl halides is 3. The maximum Gasteiger partial charge on any atom is 0.422 e. The predicted octanol–water partition coefficient (Wildman–Crippen LogP) is 0.691. The molecule has 7 nitrogen and oxygen atoms in total. The van der Waals surface area contributed by atoms with Gasteiger partial charge < -0.3 is 10.5 Å². The SMILES string of the molecule is NCCn1cc([N+](=O)[O-])c(OCC(F)(F)F)n1. The summed E-state index contributed by atoms with van der Waals surface area (Å²) in [5.41, 5.74) is 4.57. The van der Waals surface area contributed by atoms with Crippen LogP contribution in [0.1, 0.15) is 0 Å². The number of hydrogen-bond donors (Lipinski definition) is 1. The number of ether oxygens (including phenoxy) is 1. The van der Waals surface area contributed by atoms with Crippen LogP contribution in [0.3, 0.4) is 0 Å². The van der Waals surface area contributed by atoms with Crippen LogP contribution >= 0.6 is 0 Å². The lowest BCUT2D eigenvalue weighted by Gasteiger charge is -2.05. The Kier molecular flexibility index (Phi) is 3.89. The second-order valence-electron chi connectivity index (χ2n) is 3.03. The largest absolute Gasteiger partial charge is 0.462 e. The molecule has 0 saturated heterocycles. The van der Waals surface area contributed by atoms with Gasteiger partial charge in [0.05, 0.1) is 11.5 Å². The molecule has 0 bridgehead atoms. The molecule has 0 fully saturated rings. The fourth-order valence-corrected chi connectivity index (χ4v) is 1.02. The molecule has 0 radical (unpaired) electrons. The summed E-state index contributed by atoms with van der Waals surface area (Å²) in [6.45, 7) is -1.33. The van der Waals surface area contributed by atoms with Crippen LogP contribution in [0.15, 0.2) is 6.20 Å². The van der Waals surface area contributed by atoms with E-state index in [9.17, 15) is 23.3 Å². The van der Waals surface area contributed by atoms with Crippen LogP contribution in [0.4, 0.5) is 18.9 Å². The Morgan fingerprint density at radius 2 is 2.24 bits per heavy atom. The highest BCUT2D eigenvalue weighted by Crippen LogP contribution is 2.26. The van der Waals surface area contributed by atoms with E-state index in [1.807, 2.05) is 0 Å². The lowest BCUT2D eigenvalue weighted by Crippen LogP contribution is -2.20. The van der Waals surface area contributed by atoms with Gasteiger partial charge in [-0.1, -0.05) is 0 Å². The first kappa shape index (κ1) is 13.2. The summed E-state index contributed by atoms with van der Waals surface area (Å²) in [4.78, 5) is 9.65. The monoisotopic (exact) mass is 254 g/mol. The first-order valence-corrected chi connectivity index (χ1v) is 4.45. The first-order chi connectivity index (χ1) is 7.83. The molecule has 0 aliphatic rings. The Balaban J connectivity index is 2.85. The molecule has 1 aromatic rings. The number of nitrogens with two attached hydrogens (primary N) is 1. The van der Waals surface area contributed by atoms with Gasteiger partial charge in [-0.25, -0.2) is 0 Å². The predicted molar refractivity (Wildman–Crippen MR) is 49.5 cm³/mol. The summed E-state index contributed by atoms with van der Waals surface area (Å²) in [6.07, 6.45) is -3.61. The van der Waals surface area contributed by atoms with Gasteiger partial charge in [0.25, 0.3) is 0 Å². The Labute approximate surface area is 93.1 Å². The van der Waals surface area contributed by atoms with Crippen molar-refractivity contribution in [2.45, 2.75) is 12.7 Å². The lowest BCUT2D eigenvalue weighted by molar-refractivity contribution is -0.386. The van der Waals surface area contributed by atoms with Gasteiger partial charge >= 0.3 is 17.7 Å². The van der Waals surface area contributed by atoms with E-state index < -0.39 is 29.3 Å². The van der Waals surface area contributed by atoms with Gasteiger partial charge in [0, 0.05) is 6.54 Å². The number of rotatable bonds is 5. The Hall–Kier alpha value is -1.84. The molecule has 1 aromatic heterocycles. The molecule has 0 unspecified atom stereocenters. The molecule has 0 aliphatic heterocycles. The van der Waals surface area contributed by atoms with E-state index in [1.54, 1.807) is 0 Å². The van der Waals surface area contributed by atoms with Crippen molar-refractivity contribution in [3.8, 4) is 5.88 Å². The second kappa shape index (κ2) is 4.99. The number of nitro groups is 1. The van der Waals surface area contributed by atoms with Gasteiger partial charge in [-0.3, -0.25) is 14.8 Å². The highest BCUT2D eigenvalue weighted by Gasteiger charge is 2.31. The van der Waals surface area contributed by atoms with Crippen LogP contribution in [0.2, 0.25) is 0 Å². The summed E-state index contributed by atoms with van der Waals surface area (Å²) in [6, 6.07) is 0. The van der Waals surface area contributed by atoms with Crippen molar-refractivity contribution >= 4 is 5.69 Å². The van der Waals surface area contributed by atoms with Crippen molar-refractivity contribution in [3.05, 3.63) is 16.3 Å². The van der Waals surface area contributed by atoms with E-state index in [0.29, 0.717) is 0 Å². The number of aromatic nitrogens is 2. The van der Waals surface area contributed by atoms with Crippen molar-refractivity contribution in [2.24, 2.45) is 5.73 Å². The van der Waals surface area contributed by atoms with Crippen LogP contribution in [0.25, 0.3) is 0 Å². The summed E-state index contributed by atoms with van der Waals surface area (Å²) >= 11 is 0. The molecule has 0 atom stereocenters. The van der Waals surface area contributed by atoms with Crippen molar-refractivity contribution in [3.63, 3.8) is 0 Å². The van der Waals surface area contributed by atoms with Crippen LogP contribution in [0, 0.1) is 10.1 Å². The molecule has 0 amide bonds. The van der Waals surface area contributed by atoms with Gasteiger partial charge in [-0.2, -0.15) is 13.2 Å². The summed E-state index contributed by atoms with van der Waals surface area (Å²) in [7, 11) is 0. The minimum atomic E-state index is -4.58. The van der Waals surface area contributed by atoms with Gasteiger partial charge in [-0.05, 0) is 0 Å². The third-order valence-corrected chi connectivity index (χ3v) is 1.64. The van der Waals surface area contributed by atoms with Crippen LogP contribution in [-0.2, 0) is 6.54 Å². The standard InChI is InChI=1S/C7H9F3N4O3/c8-7(9,10)4-17-6-5(14(15)16)3-13(12-6)2-1-11/h3H,1-2,4,11H2. The van der Waals surface area contributed by atoms with Crippen LogP contribution in [-0.4, -0.2) is 34.0 Å². The number of halogens is 3. The van der Waals surface area contributed by atoms with E-state index in [2.05, 4.69) is 9.84 Å². The Bertz CT molecular complexity index is 404. The van der Waals surface area contributed by atoms with Gasteiger partial charge in [0.1, 0.15) is 6.20 Å². The lowest BCUT2D eigenvalue weighted by atomic mass is 10.5. The average molecular weight is 254 g/mol. The summed E-state index contributed by atoms with van der Waals surface area (Å²) < 4.78 is 40.9. The van der Waals surface area contributed by atoms with Gasteiger partial charge in [0.15, 0.2) is 6.61 Å². The molecule has 1 rings (SSSR count). The zero-order valence-corrected chi connectivity index (χ0v) is 8.48. The molecule has 0 aromatic carbocycles. The summed E-state index contributed by atoms with van der Waals surface area (Å²) in [5.74, 6) is -0.666. The fraction of sp³-hybridized carbons (Fsp3) is 0.571. The molecule has 2 N–H and O–H groups in total. The molecular weight excluding hydrogens is 245 g/mol. The van der Waals surface area contributed by atoms with Crippen molar-refractivity contribution < 1.29 is 22.8 Å². The van der Waals surface area contributed by atoms with Crippen LogP contribution < -0.4 is 10.5 Å². The Morgan fingerprint density at radius 3 is 2.71 bits per heavy atom. The highest BCUT2D eigenvalue weighted by atomic mass is 19.4. The zero-order chi connectivity index (χ0) is 13.1. The number of hydrogen-bond acceptors (Lipinski definition) is 5. The molecule has 17 heavy (non-hydrogen) atoms. The van der Waals surface area contributed by atoms with Crippen molar-refractivity contribution in [1.29, 1.82) is 0 Å². The highest BCUT2D eigenvalue weighted by molar-refractivity contribution is 5.38. The minimum Gasteiger partial charge on any atom is -0.462 e. The molecule has 0 spiro atoms. The van der Waals surface area contributed by atoms with E-state index >= 15 is 0 Å². The number of nitrogens with zero attached hydrogens (tertiary/aromatic N) is 3. The first-order valence-electron chi connectivity index (χ1n) is 4.45. The van der Waals surface area contributed by atoms with Crippen molar-refractivity contribution in [1.82, 2.24) is 9.78 Å². The third kappa shape index (κ3) is 3.90. The van der Waals surface area contributed by atoms with Gasteiger partial charge in [-0.15, -0.1) is 5.10 Å². The zero-order valence-electron chi connectivity index (χ0n) is 8.48. The quantitative estimate of drug-likeness (QED) is 0.616. The van der Waals surface area contributed by atoms with E-state index in [-0.39, 0.29) is 13.1 Å². The molecule has 1 heterocycles.